The van der Waals surface area contributed by atoms with E-state index in [1.165, 1.54) is 0 Å². The molecule has 0 radical (unpaired) electrons. The molecule has 0 aliphatic carbocycles. The molecule has 0 saturated carbocycles. The first-order valence-electron chi connectivity index (χ1n) is 6.48. The molecule has 1 aliphatic rings. The minimum absolute atomic E-state index is 0.399. The predicted octanol–water partition coefficient (Wildman–Crippen LogP) is 2.27. The SMILES string of the molecule is CC1(c2noc(Cc3ccccc3N)n2)CCCO1. The second-order valence-corrected chi connectivity index (χ2v) is 5.07. The van der Waals surface area contributed by atoms with Crippen LogP contribution in [0.2, 0.25) is 0 Å². The van der Waals surface area contributed by atoms with Crippen LogP contribution in [0.1, 0.15) is 37.0 Å². The molecule has 2 heterocycles. The minimum Gasteiger partial charge on any atom is -0.398 e. The van der Waals surface area contributed by atoms with Crippen LogP contribution in [0.5, 0.6) is 0 Å². The molecule has 1 fully saturated rings. The van der Waals surface area contributed by atoms with Crippen molar-refractivity contribution < 1.29 is 9.26 Å². The molecule has 0 spiro atoms. The van der Waals surface area contributed by atoms with Crippen LogP contribution in [0.4, 0.5) is 5.69 Å². The topological polar surface area (TPSA) is 74.2 Å². The Morgan fingerprint density at radius 1 is 1.37 bits per heavy atom. The molecule has 5 heteroatoms. The van der Waals surface area contributed by atoms with Gasteiger partial charge in [0.2, 0.25) is 11.7 Å². The van der Waals surface area contributed by atoms with Gasteiger partial charge in [0, 0.05) is 12.3 Å². The van der Waals surface area contributed by atoms with Gasteiger partial charge in [-0.1, -0.05) is 23.4 Å². The number of nitrogen functional groups attached to an aromatic ring is 1. The van der Waals surface area contributed by atoms with Gasteiger partial charge in [0.15, 0.2) is 0 Å². The first-order chi connectivity index (χ1) is 9.17. The van der Waals surface area contributed by atoms with Crippen LogP contribution in [-0.2, 0) is 16.8 Å². The Kier molecular flexibility index (Phi) is 2.98. The molecule has 1 aromatic heterocycles. The van der Waals surface area contributed by atoms with E-state index in [0.29, 0.717) is 18.1 Å². The Hall–Kier alpha value is -1.88. The van der Waals surface area contributed by atoms with Gasteiger partial charge < -0.3 is 15.0 Å². The molecule has 19 heavy (non-hydrogen) atoms. The highest BCUT2D eigenvalue weighted by Crippen LogP contribution is 2.33. The lowest BCUT2D eigenvalue weighted by Gasteiger charge is -2.17. The number of rotatable bonds is 3. The van der Waals surface area contributed by atoms with E-state index in [-0.39, 0.29) is 0 Å². The van der Waals surface area contributed by atoms with Crippen molar-refractivity contribution in [2.24, 2.45) is 0 Å². The van der Waals surface area contributed by atoms with Crippen LogP contribution >= 0.6 is 0 Å². The number of hydrogen-bond donors (Lipinski definition) is 1. The Morgan fingerprint density at radius 3 is 2.95 bits per heavy atom. The third-order valence-corrected chi connectivity index (χ3v) is 3.56. The summed E-state index contributed by atoms with van der Waals surface area (Å²) in [7, 11) is 0. The van der Waals surface area contributed by atoms with Crippen LogP contribution in [0.15, 0.2) is 28.8 Å². The average molecular weight is 259 g/mol. The van der Waals surface area contributed by atoms with Crippen molar-refractivity contribution in [1.29, 1.82) is 0 Å². The molecular weight excluding hydrogens is 242 g/mol. The lowest BCUT2D eigenvalue weighted by atomic mass is 10.0. The van der Waals surface area contributed by atoms with E-state index in [0.717, 1.165) is 30.7 Å². The van der Waals surface area contributed by atoms with Gasteiger partial charge in [-0.05, 0) is 31.4 Å². The molecule has 5 nitrogen and oxygen atoms in total. The van der Waals surface area contributed by atoms with Crippen molar-refractivity contribution in [2.75, 3.05) is 12.3 Å². The lowest BCUT2D eigenvalue weighted by molar-refractivity contribution is 0.00768. The highest BCUT2D eigenvalue weighted by molar-refractivity contribution is 5.47. The monoisotopic (exact) mass is 259 g/mol. The molecule has 0 bridgehead atoms. The van der Waals surface area contributed by atoms with E-state index in [9.17, 15) is 0 Å². The van der Waals surface area contributed by atoms with Crippen molar-refractivity contribution in [2.45, 2.75) is 31.8 Å². The van der Waals surface area contributed by atoms with E-state index >= 15 is 0 Å². The normalized spacial score (nSPS) is 22.8. The molecule has 0 amide bonds. The quantitative estimate of drug-likeness (QED) is 0.856. The Morgan fingerprint density at radius 2 is 2.21 bits per heavy atom. The molecule has 1 unspecified atom stereocenters. The van der Waals surface area contributed by atoms with Gasteiger partial charge in [0.05, 0.1) is 6.42 Å². The summed E-state index contributed by atoms with van der Waals surface area (Å²) >= 11 is 0. The van der Waals surface area contributed by atoms with E-state index in [4.69, 9.17) is 15.0 Å². The molecule has 2 aromatic rings. The smallest absolute Gasteiger partial charge is 0.231 e. The van der Waals surface area contributed by atoms with Crippen molar-refractivity contribution in [3.63, 3.8) is 0 Å². The van der Waals surface area contributed by atoms with Gasteiger partial charge in [0.1, 0.15) is 5.60 Å². The standard InChI is InChI=1S/C14H17N3O2/c1-14(7-4-8-18-14)13-16-12(19-17-13)9-10-5-2-3-6-11(10)15/h2-3,5-6H,4,7-9,15H2,1H3. The summed E-state index contributed by atoms with van der Waals surface area (Å²) in [6.07, 6.45) is 2.52. The van der Waals surface area contributed by atoms with Gasteiger partial charge in [-0.3, -0.25) is 0 Å². The fourth-order valence-electron chi connectivity index (χ4n) is 2.36. The summed E-state index contributed by atoms with van der Waals surface area (Å²) in [4.78, 5) is 4.44. The second kappa shape index (κ2) is 4.66. The third kappa shape index (κ3) is 2.33. The van der Waals surface area contributed by atoms with Crippen LogP contribution in [0.3, 0.4) is 0 Å². The van der Waals surface area contributed by atoms with E-state index in [1.807, 2.05) is 31.2 Å². The van der Waals surface area contributed by atoms with Crippen LogP contribution in [-0.4, -0.2) is 16.7 Å². The highest BCUT2D eigenvalue weighted by Gasteiger charge is 2.36. The lowest BCUT2D eigenvalue weighted by Crippen LogP contribution is -2.21. The van der Waals surface area contributed by atoms with Gasteiger partial charge in [0.25, 0.3) is 0 Å². The highest BCUT2D eigenvalue weighted by atomic mass is 16.5. The summed E-state index contributed by atoms with van der Waals surface area (Å²) in [5.74, 6) is 1.21. The first kappa shape index (κ1) is 12.2. The summed E-state index contributed by atoms with van der Waals surface area (Å²) in [6.45, 7) is 2.76. The zero-order valence-corrected chi connectivity index (χ0v) is 10.9. The molecular formula is C14H17N3O2. The molecule has 1 atom stereocenters. The van der Waals surface area contributed by atoms with Crippen molar-refractivity contribution >= 4 is 5.69 Å². The molecule has 1 aromatic carbocycles. The molecule has 1 aliphatic heterocycles. The minimum atomic E-state index is -0.399. The van der Waals surface area contributed by atoms with Gasteiger partial charge in [-0.25, -0.2) is 0 Å². The maximum atomic E-state index is 5.91. The number of benzene rings is 1. The third-order valence-electron chi connectivity index (χ3n) is 3.56. The first-order valence-corrected chi connectivity index (χ1v) is 6.48. The molecule has 3 rings (SSSR count). The van der Waals surface area contributed by atoms with E-state index < -0.39 is 5.60 Å². The van der Waals surface area contributed by atoms with Gasteiger partial charge in [-0.15, -0.1) is 0 Å². The number of nitrogens with two attached hydrogens (primary N) is 1. The second-order valence-electron chi connectivity index (χ2n) is 5.07. The Labute approximate surface area is 111 Å². The summed E-state index contributed by atoms with van der Waals surface area (Å²) in [6, 6.07) is 7.69. The summed E-state index contributed by atoms with van der Waals surface area (Å²) in [5, 5.41) is 4.04. The predicted molar refractivity (Wildman–Crippen MR) is 70.5 cm³/mol. The van der Waals surface area contributed by atoms with Crippen molar-refractivity contribution in [3.05, 3.63) is 41.5 Å². The van der Waals surface area contributed by atoms with E-state index in [1.54, 1.807) is 0 Å². The molecule has 2 N–H and O–H groups in total. The maximum Gasteiger partial charge on any atom is 0.231 e. The molecule has 1 saturated heterocycles. The summed E-state index contributed by atoms with van der Waals surface area (Å²) < 4.78 is 11.0. The average Bonchev–Trinajstić information content (AvgIpc) is 3.02. The maximum absolute atomic E-state index is 5.91. The van der Waals surface area contributed by atoms with Crippen LogP contribution in [0, 0.1) is 0 Å². The van der Waals surface area contributed by atoms with Crippen molar-refractivity contribution in [3.8, 4) is 0 Å². The van der Waals surface area contributed by atoms with Gasteiger partial charge in [-0.2, -0.15) is 4.98 Å². The largest absolute Gasteiger partial charge is 0.398 e. The number of ether oxygens (including phenoxy) is 1. The fraction of sp³-hybridized carbons (Fsp3) is 0.429. The fourth-order valence-corrected chi connectivity index (χ4v) is 2.36. The van der Waals surface area contributed by atoms with Crippen LogP contribution in [0.25, 0.3) is 0 Å². The van der Waals surface area contributed by atoms with Crippen molar-refractivity contribution in [1.82, 2.24) is 10.1 Å². The van der Waals surface area contributed by atoms with Crippen LogP contribution < -0.4 is 5.73 Å². The number of anilines is 1. The zero-order chi connectivity index (χ0) is 13.3. The number of nitrogens with zero attached hydrogens (tertiary/aromatic N) is 2. The number of aromatic nitrogens is 2. The van der Waals surface area contributed by atoms with E-state index in [2.05, 4.69) is 10.1 Å². The Bertz CT molecular complexity index is 574. The zero-order valence-electron chi connectivity index (χ0n) is 10.9. The number of hydrogen-bond acceptors (Lipinski definition) is 5. The van der Waals surface area contributed by atoms with Gasteiger partial charge >= 0.3 is 0 Å². The molecule has 100 valence electrons. The Balaban J connectivity index is 1.80. The summed E-state index contributed by atoms with van der Waals surface area (Å²) in [5.41, 5.74) is 7.25. The number of para-hydroxylation sites is 1.